The Morgan fingerprint density at radius 3 is 2.65 bits per heavy atom. The van der Waals surface area contributed by atoms with Crippen LogP contribution in [0.4, 0.5) is 0 Å². The van der Waals surface area contributed by atoms with Crippen molar-refractivity contribution in [2.24, 2.45) is 0 Å². The van der Waals surface area contributed by atoms with Gasteiger partial charge in [-0.2, -0.15) is 11.3 Å². The Bertz CT molecular complexity index is 779. The Hall–Kier alpha value is -2.14. The Morgan fingerprint density at radius 1 is 1.08 bits per heavy atom. The molecule has 1 aromatic heterocycles. The third-order valence-corrected chi connectivity index (χ3v) is 6.28. The van der Waals surface area contributed by atoms with Gasteiger partial charge in [0.25, 0.3) is 5.91 Å². The van der Waals surface area contributed by atoms with Gasteiger partial charge in [-0.15, -0.1) is 0 Å². The van der Waals surface area contributed by atoms with Crippen molar-refractivity contribution in [2.75, 3.05) is 13.1 Å². The standard InChI is InChI=1S/C21H24N2O2S/c24-20(16-10-13-26-14-16)22-17-8-11-23(12-9-17)21(25)19-7-3-5-15-4-1-2-6-18(15)19/h1-2,4,6,10,13-14,17,19H,3,5,7-9,11-12H2,(H,22,24). The highest BCUT2D eigenvalue weighted by molar-refractivity contribution is 7.08. The van der Waals surface area contributed by atoms with Crippen molar-refractivity contribution >= 4 is 23.2 Å². The highest BCUT2D eigenvalue weighted by atomic mass is 32.1. The van der Waals surface area contributed by atoms with Crippen molar-refractivity contribution in [3.8, 4) is 0 Å². The number of rotatable bonds is 3. The zero-order valence-electron chi connectivity index (χ0n) is 14.8. The SMILES string of the molecule is O=C(NC1CCN(C(=O)C2CCCc3ccccc32)CC1)c1ccsc1. The van der Waals surface area contributed by atoms with Crippen molar-refractivity contribution < 1.29 is 9.59 Å². The lowest BCUT2D eigenvalue weighted by molar-refractivity contribution is -0.134. The summed E-state index contributed by atoms with van der Waals surface area (Å²) >= 11 is 1.53. The van der Waals surface area contributed by atoms with E-state index in [1.807, 2.05) is 27.8 Å². The van der Waals surface area contributed by atoms with E-state index in [1.54, 1.807) is 0 Å². The Balaban J connectivity index is 1.35. The maximum atomic E-state index is 13.1. The summed E-state index contributed by atoms with van der Waals surface area (Å²) in [6, 6.07) is 10.4. The average Bonchev–Trinajstić information content (AvgIpc) is 3.23. The molecule has 4 nitrogen and oxygen atoms in total. The number of nitrogens with zero attached hydrogens (tertiary/aromatic N) is 1. The summed E-state index contributed by atoms with van der Waals surface area (Å²) in [4.78, 5) is 27.3. The molecule has 0 spiro atoms. The number of hydrogen-bond donors (Lipinski definition) is 1. The number of carbonyl (C=O) groups is 2. The molecule has 2 amide bonds. The molecule has 1 atom stereocenters. The predicted octanol–water partition coefficient (Wildman–Crippen LogP) is 3.59. The normalized spacial score (nSPS) is 20.5. The first-order valence-corrected chi connectivity index (χ1v) is 10.4. The summed E-state index contributed by atoms with van der Waals surface area (Å²) < 4.78 is 0. The van der Waals surface area contributed by atoms with E-state index >= 15 is 0 Å². The van der Waals surface area contributed by atoms with Crippen LogP contribution in [0.3, 0.4) is 0 Å². The number of piperidine rings is 1. The maximum absolute atomic E-state index is 13.1. The Labute approximate surface area is 158 Å². The molecule has 26 heavy (non-hydrogen) atoms. The van der Waals surface area contributed by atoms with E-state index < -0.39 is 0 Å². The fourth-order valence-corrected chi connectivity index (χ4v) is 4.77. The van der Waals surface area contributed by atoms with Gasteiger partial charge in [-0.1, -0.05) is 24.3 Å². The van der Waals surface area contributed by atoms with Gasteiger partial charge in [0.15, 0.2) is 0 Å². The molecule has 0 radical (unpaired) electrons. The van der Waals surface area contributed by atoms with Crippen molar-refractivity contribution in [2.45, 2.75) is 44.1 Å². The maximum Gasteiger partial charge on any atom is 0.252 e. The lowest BCUT2D eigenvalue weighted by atomic mass is 9.82. The van der Waals surface area contributed by atoms with Gasteiger partial charge in [-0.25, -0.2) is 0 Å². The van der Waals surface area contributed by atoms with E-state index in [-0.39, 0.29) is 23.8 Å². The van der Waals surface area contributed by atoms with Crippen LogP contribution in [0.25, 0.3) is 0 Å². The number of aryl methyl sites for hydroxylation is 1. The van der Waals surface area contributed by atoms with Crippen LogP contribution in [0.15, 0.2) is 41.1 Å². The minimum Gasteiger partial charge on any atom is -0.349 e. The number of nitrogens with one attached hydrogen (secondary N) is 1. The van der Waals surface area contributed by atoms with Crippen molar-refractivity contribution in [1.82, 2.24) is 10.2 Å². The Morgan fingerprint density at radius 2 is 1.88 bits per heavy atom. The molecule has 0 bridgehead atoms. The summed E-state index contributed by atoms with van der Waals surface area (Å²) in [6.07, 6.45) is 4.77. The molecule has 136 valence electrons. The first-order valence-electron chi connectivity index (χ1n) is 9.42. The molecule has 1 saturated heterocycles. The van der Waals surface area contributed by atoms with E-state index in [0.29, 0.717) is 0 Å². The molecule has 0 saturated carbocycles. The molecule has 2 aromatic rings. The van der Waals surface area contributed by atoms with Gasteiger partial charge in [0.2, 0.25) is 5.91 Å². The minimum atomic E-state index is -0.00256. The molecule has 1 unspecified atom stereocenters. The Kier molecular flexibility index (Phi) is 5.07. The summed E-state index contributed by atoms with van der Waals surface area (Å²) in [5, 5.41) is 6.89. The molecule has 4 rings (SSSR count). The van der Waals surface area contributed by atoms with Crippen LogP contribution in [0.1, 0.15) is 53.1 Å². The van der Waals surface area contributed by atoms with Crippen molar-refractivity contribution in [3.05, 3.63) is 57.8 Å². The second-order valence-electron chi connectivity index (χ2n) is 7.23. The van der Waals surface area contributed by atoms with Gasteiger partial charge in [0.1, 0.15) is 0 Å². The molecule has 5 heteroatoms. The number of thiophene rings is 1. The van der Waals surface area contributed by atoms with Crippen LogP contribution in [0, 0.1) is 0 Å². The summed E-state index contributed by atoms with van der Waals surface area (Å²) in [7, 11) is 0. The largest absolute Gasteiger partial charge is 0.349 e. The third kappa shape index (κ3) is 3.54. The topological polar surface area (TPSA) is 49.4 Å². The molecule has 1 aromatic carbocycles. The molecular weight excluding hydrogens is 344 g/mol. The summed E-state index contributed by atoms with van der Waals surface area (Å²) in [6.45, 7) is 1.46. The lowest BCUT2D eigenvalue weighted by Crippen LogP contribution is -2.48. The van der Waals surface area contributed by atoms with E-state index in [4.69, 9.17) is 0 Å². The predicted molar refractivity (Wildman–Crippen MR) is 104 cm³/mol. The zero-order valence-corrected chi connectivity index (χ0v) is 15.6. The van der Waals surface area contributed by atoms with E-state index in [0.717, 1.165) is 50.8 Å². The quantitative estimate of drug-likeness (QED) is 0.900. The molecule has 1 aliphatic carbocycles. The number of hydrogen-bond acceptors (Lipinski definition) is 3. The van der Waals surface area contributed by atoms with E-state index in [1.165, 1.54) is 22.5 Å². The number of carbonyl (C=O) groups excluding carboxylic acids is 2. The highest BCUT2D eigenvalue weighted by Crippen LogP contribution is 2.33. The monoisotopic (exact) mass is 368 g/mol. The van der Waals surface area contributed by atoms with Crippen molar-refractivity contribution in [3.63, 3.8) is 0 Å². The van der Waals surface area contributed by atoms with Gasteiger partial charge < -0.3 is 10.2 Å². The number of amides is 2. The highest BCUT2D eigenvalue weighted by Gasteiger charge is 2.32. The van der Waals surface area contributed by atoms with Crippen molar-refractivity contribution in [1.29, 1.82) is 0 Å². The molecule has 2 aliphatic rings. The van der Waals surface area contributed by atoms with Crippen LogP contribution < -0.4 is 5.32 Å². The minimum absolute atomic E-state index is 0.00256. The fraction of sp³-hybridized carbons (Fsp3) is 0.429. The second kappa shape index (κ2) is 7.62. The summed E-state index contributed by atoms with van der Waals surface area (Å²) in [5.74, 6) is 0.272. The number of fused-ring (bicyclic) bond motifs is 1. The van der Waals surface area contributed by atoms with Gasteiger partial charge in [-0.05, 0) is 54.7 Å². The van der Waals surface area contributed by atoms with Crippen LogP contribution in [-0.2, 0) is 11.2 Å². The molecule has 1 N–H and O–H groups in total. The smallest absolute Gasteiger partial charge is 0.252 e. The van der Waals surface area contributed by atoms with E-state index in [2.05, 4.69) is 23.5 Å². The van der Waals surface area contributed by atoms with Gasteiger partial charge in [0.05, 0.1) is 5.92 Å². The van der Waals surface area contributed by atoms with Gasteiger partial charge in [0, 0.05) is 30.1 Å². The van der Waals surface area contributed by atoms with Crippen LogP contribution in [-0.4, -0.2) is 35.8 Å². The van der Waals surface area contributed by atoms with Crippen LogP contribution >= 0.6 is 11.3 Å². The van der Waals surface area contributed by atoms with Crippen LogP contribution in [0.5, 0.6) is 0 Å². The third-order valence-electron chi connectivity index (χ3n) is 5.59. The molecule has 2 heterocycles. The number of likely N-dealkylation sites (tertiary alicyclic amines) is 1. The second-order valence-corrected chi connectivity index (χ2v) is 8.01. The lowest BCUT2D eigenvalue weighted by Gasteiger charge is -2.36. The number of benzene rings is 1. The first-order chi connectivity index (χ1) is 12.7. The average molecular weight is 369 g/mol. The molecule has 1 aliphatic heterocycles. The van der Waals surface area contributed by atoms with E-state index in [9.17, 15) is 9.59 Å². The zero-order chi connectivity index (χ0) is 17.9. The van der Waals surface area contributed by atoms with Crippen LogP contribution in [0.2, 0.25) is 0 Å². The van der Waals surface area contributed by atoms with Gasteiger partial charge in [-0.3, -0.25) is 9.59 Å². The summed E-state index contributed by atoms with van der Waals surface area (Å²) in [5.41, 5.74) is 3.28. The fourth-order valence-electron chi connectivity index (χ4n) is 4.14. The first kappa shape index (κ1) is 17.3. The molecule has 1 fully saturated rings. The molecular formula is C21H24N2O2S. The van der Waals surface area contributed by atoms with Gasteiger partial charge >= 0.3 is 0 Å².